The molecule has 0 fully saturated rings. The Morgan fingerprint density at radius 2 is 1.90 bits per heavy atom. The molecule has 0 saturated heterocycles. The lowest BCUT2D eigenvalue weighted by atomic mass is 9.70. The Balaban J connectivity index is 3.36. The van der Waals surface area contributed by atoms with E-state index in [1.165, 1.54) is 7.11 Å². The third-order valence-corrected chi connectivity index (χ3v) is 6.61. The molecule has 0 radical (unpaired) electrons. The highest BCUT2D eigenvalue weighted by Crippen LogP contribution is 2.40. The molecule has 0 aromatic carbocycles. The fourth-order valence-corrected chi connectivity index (χ4v) is 4.50. The van der Waals surface area contributed by atoms with Gasteiger partial charge in [0.15, 0.2) is 0 Å². The molecular formula is C25H40O6. The van der Waals surface area contributed by atoms with Crippen LogP contribution in [0.2, 0.25) is 0 Å². The van der Waals surface area contributed by atoms with Gasteiger partial charge in [0.1, 0.15) is 17.3 Å². The van der Waals surface area contributed by atoms with Crippen molar-refractivity contribution >= 4 is 17.7 Å². The molecule has 0 amide bonds. The molecule has 1 N–H and O–H groups in total. The van der Waals surface area contributed by atoms with Crippen LogP contribution in [-0.2, 0) is 23.9 Å². The summed E-state index contributed by atoms with van der Waals surface area (Å²) in [6.45, 7) is 8.93. The van der Waals surface area contributed by atoms with E-state index < -0.39 is 35.5 Å². The van der Waals surface area contributed by atoms with Gasteiger partial charge in [0.2, 0.25) is 0 Å². The fraction of sp³-hybridized carbons (Fsp3) is 0.720. The predicted molar refractivity (Wildman–Crippen MR) is 121 cm³/mol. The zero-order chi connectivity index (χ0) is 23.6. The van der Waals surface area contributed by atoms with Crippen LogP contribution in [0, 0.1) is 23.7 Å². The third-order valence-electron chi connectivity index (χ3n) is 6.61. The second-order valence-corrected chi connectivity index (χ2v) is 8.88. The minimum absolute atomic E-state index is 0.0999. The van der Waals surface area contributed by atoms with E-state index in [-0.39, 0.29) is 24.0 Å². The number of carbonyl (C=O) groups excluding carboxylic acids is 2. The maximum Gasteiger partial charge on any atom is 0.313 e. The molecule has 31 heavy (non-hydrogen) atoms. The SMILES string of the molecule is CC=CC(C)C(=O)C(C)C(OC)C(C(=O)O)C1(C)OC(=O)CCC=CCCCCC1C. The summed E-state index contributed by atoms with van der Waals surface area (Å²) < 4.78 is 11.5. The van der Waals surface area contributed by atoms with Gasteiger partial charge < -0.3 is 14.6 Å². The summed E-state index contributed by atoms with van der Waals surface area (Å²) in [7, 11) is 1.42. The van der Waals surface area contributed by atoms with Crippen LogP contribution in [0.1, 0.15) is 73.1 Å². The van der Waals surface area contributed by atoms with Gasteiger partial charge in [0.25, 0.3) is 0 Å². The molecule has 1 aliphatic heterocycles. The van der Waals surface area contributed by atoms with Gasteiger partial charge in [-0.15, -0.1) is 0 Å². The van der Waals surface area contributed by atoms with Crippen LogP contribution >= 0.6 is 0 Å². The maximum absolute atomic E-state index is 13.0. The molecule has 6 atom stereocenters. The Morgan fingerprint density at radius 3 is 2.48 bits per heavy atom. The number of Topliss-reactive ketones (excluding diaryl/α,β-unsaturated/α-hetero) is 1. The van der Waals surface area contributed by atoms with Crippen molar-refractivity contribution in [2.45, 2.75) is 84.8 Å². The van der Waals surface area contributed by atoms with Crippen molar-refractivity contribution < 1.29 is 29.0 Å². The number of ketones is 1. The van der Waals surface area contributed by atoms with Crippen LogP contribution in [-0.4, -0.2) is 41.6 Å². The Labute approximate surface area is 187 Å². The van der Waals surface area contributed by atoms with E-state index in [2.05, 4.69) is 6.08 Å². The van der Waals surface area contributed by atoms with Gasteiger partial charge in [0, 0.05) is 25.4 Å². The zero-order valence-electron chi connectivity index (χ0n) is 19.9. The number of cyclic esters (lactones) is 1. The smallest absolute Gasteiger partial charge is 0.313 e. The van der Waals surface area contributed by atoms with Gasteiger partial charge in [-0.25, -0.2) is 0 Å². The third kappa shape index (κ3) is 7.30. The maximum atomic E-state index is 13.0. The molecule has 6 nitrogen and oxygen atoms in total. The van der Waals surface area contributed by atoms with E-state index in [4.69, 9.17) is 9.47 Å². The molecule has 0 aromatic rings. The molecule has 0 saturated carbocycles. The number of allylic oxidation sites excluding steroid dienone is 4. The molecule has 1 rings (SSSR count). The predicted octanol–water partition coefficient (Wildman–Crippen LogP) is 4.97. The minimum atomic E-state index is -1.30. The summed E-state index contributed by atoms with van der Waals surface area (Å²) in [5.41, 5.74) is -1.30. The number of hydrogen-bond donors (Lipinski definition) is 1. The lowest BCUT2D eigenvalue weighted by Crippen LogP contribution is -2.56. The number of hydrogen-bond acceptors (Lipinski definition) is 5. The number of rotatable bonds is 8. The summed E-state index contributed by atoms with van der Waals surface area (Å²) in [6, 6.07) is 0. The summed E-state index contributed by atoms with van der Waals surface area (Å²) >= 11 is 0. The van der Waals surface area contributed by atoms with E-state index in [0.717, 1.165) is 25.7 Å². The van der Waals surface area contributed by atoms with Gasteiger partial charge >= 0.3 is 11.9 Å². The number of carboxylic acids is 1. The molecule has 6 heteroatoms. The molecule has 176 valence electrons. The average Bonchev–Trinajstić information content (AvgIpc) is 2.71. The number of ether oxygens (including phenoxy) is 2. The van der Waals surface area contributed by atoms with Crippen molar-refractivity contribution in [3.8, 4) is 0 Å². The number of carboxylic acid groups (broad SMARTS) is 1. The Hall–Kier alpha value is -1.95. The molecule has 1 aliphatic rings. The van der Waals surface area contributed by atoms with Gasteiger partial charge in [-0.05, 0) is 45.4 Å². The zero-order valence-corrected chi connectivity index (χ0v) is 19.9. The van der Waals surface area contributed by atoms with Gasteiger partial charge in [0.05, 0.1) is 6.10 Å². The highest BCUT2D eigenvalue weighted by Gasteiger charge is 2.53. The van der Waals surface area contributed by atoms with Gasteiger partial charge in [-0.2, -0.15) is 0 Å². The van der Waals surface area contributed by atoms with E-state index in [0.29, 0.717) is 6.42 Å². The first-order chi connectivity index (χ1) is 14.6. The van der Waals surface area contributed by atoms with Crippen molar-refractivity contribution in [3.05, 3.63) is 24.3 Å². The lowest BCUT2D eigenvalue weighted by molar-refractivity contribution is -0.193. The first-order valence-corrected chi connectivity index (χ1v) is 11.4. The van der Waals surface area contributed by atoms with E-state index >= 15 is 0 Å². The summed E-state index contributed by atoms with van der Waals surface area (Å²) in [5, 5.41) is 10.2. The van der Waals surface area contributed by atoms with Crippen LogP contribution in [0.4, 0.5) is 0 Å². The summed E-state index contributed by atoms with van der Waals surface area (Å²) in [4.78, 5) is 38.1. The highest BCUT2D eigenvalue weighted by atomic mass is 16.6. The molecule has 1 heterocycles. The van der Waals surface area contributed by atoms with E-state index in [1.807, 2.05) is 19.9 Å². The number of carbonyl (C=O) groups is 3. The second kappa shape index (κ2) is 12.8. The van der Waals surface area contributed by atoms with Crippen LogP contribution < -0.4 is 0 Å². The molecule has 0 bridgehead atoms. The van der Waals surface area contributed by atoms with Crippen LogP contribution in [0.25, 0.3) is 0 Å². The number of esters is 1. The summed E-state index contributed by atoms with van der Waals surface area (Å²) in [6.07, 6.45) is 11.0. The monoisotopic (exact) mass is 436 g/mol. The van der Waals surface area contributed by atoms with Gasteiger partial charge in [-0.3, -0.25) is 14.4 Å². The van der Waals surface area contributed by atoms with E-state index in [1.54, 1.807) is 32.9 Å². The topological polar surface area (TPSA) is 89.9 Å². The Bertz CT molecular complexity index is 667. The highest BCUT2D eigenvalue weighted by molar-refractivity contribution is 5.86. The fourth-order valence-electron chi connectivity index (χ4n) is 4.50. The van der Waals surface area contributed by atoms with Crippen molar-refractivity contribution in [1.29, 1.82) is 0 Å². The number of methoxy groups -OCH3 is 1. The average molecular weight is 437 g/mol. The van der Waals surface area contributed by atoms with Crippen molar-refractivity contribution in [2.75, 3.05) is 7.11 Å². The molecule has 6 unspecified atom stereocenters. The molecular weight excluding hydrogens is 396 g/mol. The van der Waals surface area contributed by atoms with Crippen LogP contribution in [0.5, 0.6) is 0 Å². The van der Waals surface area contributed by atoms with Gasteiger partial charge in [-0.1, -0.05) is 51.5 Å². The quantitative estimate of drug-likeness (QED) is 0.427. The second-order valence-electron chi connectivity index (χ2n) is 8.88. The normalized spacial score (nSPS) is 27.4. The van der Waals surface area contributed by atoms with Crippen molar-refractivity contribution in [1.82, 2.24) is 0 Å². The standard InChI is InChI=1S/C25H40O6/c1-7-14-17(2)22(27)19(4)23(30-6)21(24(28)29)25(5)18(3)15-12-10-8-9-11-13-16-20(26)31-25/h7,9,11,14,17-19,21,23H,8,10,12-13,15-16H2,1-6H3,(H,28,29). The summed E-state index contributed by atoms with van der Waals surface area (Å²) in [5.74, 6) is -4.08. The number of aliphatic carboxylic acids is 1. The van der Waals surface area contributed by atoms with Crippen molar-refractivity contribution in [3.63, 3.8) is 0 Å². The first-order valence-electron chi connectivity index (χ1n) is 11.4. The van der Waals surface area contributed by atoms with E-state index in [9.17, 15) is 19.5 Å². The first kappa shape index (κ1) is 27.1. The van der Waals surface area contributed by atoms with Crippen molar-refractivity contribution in [2.24, 2.45) is 23.7 Å². The minimum Gasteiger partial charge on any atom is -0.481 e. The largest absolute Gasteiger partial charge is 0.481 e. The molecule has 0 aromatic heterocycles. The Morgan fingerprint density at radius 1 is 1.26 bits per heavy atom. The molecule has 0 spiro atoms. The van der Waals surface area contributed by atoms with Crippen LogP contribution in [0.15, 0.2) is 24.3 Å². The Kier molecular flexibility index (Phi) is 11.2. The molecule has 0 aliphatic carbocycles. The van der Waals surface area contributed by atoms with Crippen LogP contribution in [0.3, 0.4) is 0 Å². The lowest BCUT2D eigenvalue weighted by Gasteiger charge is -2.44.